The number of esters is 1. The predicted molar refractivity (Wildman–Crippen MR) is 101 cm³/mol. The van der Waals surface area contributed by atoms with Crippen molar-refractivity contribution in [1.29, 1.82) is 0 Å². The van der Waals surface area contributed by atoms with Gasteiger partial charge in [0.2, 0.25) is 11.6 Å². The number of hydrogen-bond acceptors (Lipinski definition) is 8. The molecule has 3 heterocycles. The average Bonchev–Trinajstić information content (AvgIpc) is 2.68. The first-order valence-corrected chi connectivity index (χ1v) is 9.70. The Balaban J connectivity index is 1.92. The number of hydrogen-bond donors (Lipinski definition) is 0. The van der Waals surface area contributed by atoms with Gasteiger partial charge in [-0.25, -0.2) is 9.97 Å². The summed E-state index contributed by atoms with van der Waals surface area (Å²) in [4.78, 5) is 36.0. The van der Waals surface area contributed by atoms with Gasteiger partial charge < -0.3 is 14.5 Å². The third kappa shape index (κ3) is 4.12. The zero-order valence-corrected chi connectivity index (χ0v) is 16.0. The monoisotopic (exact) mass is 377 g/mol. The molecular weight excluding hydrogens is 350 g/mol. The molecule has 3 rings (SSSR count). The van der Waals surface area contributed by atoms with Crippen LogP contribution in [0.25, 0.3) is 0 Å². The Morgan fingerprint density at radius 3 is 2.74 bits per heavy atom. The Morgan fingerprint density at radius 2 is 2.04 bits per heavy atom. The summed E-state index contributed by atoms with van der Waals surface area (Å²) < 4.78 is 5.14. The van der Waals surface area contributed by atoms with Gasteiger partial charge >= 0.3 is 11.7 Å². The van der Waals surface area contributed by atoms with E-state index < -0.39 is 0 Å². The fourth-order valence-electron chi connectivity index (χ4n) is 4.00. The maximum atomic E-state index is 12.1. The van der Waals surface area contributed by atoms with Crippen molar-refractivity contribution in [3.05, 3.63) is 16.4 Å². The quantitative estimate of drug-likeness (QED) is 0.438. The van der Waals surface area contributed by atoms with Crippen molar-refractivity contribution in [2.75, 3.05) is 36.0 Å². The molecule has 0 N–H and O–H groups in total. The molecule has 9 heteroatoms. The summed E-state index contributed by atoms with van der Waals surface area (Å²) in [6, 6.07) is 0.203. The highest BCUT2D eigenvalue weighted by atomic mass is 16.6. The summed E-state index contributed by atoms with van der Waals surface area (Å²) in [6.45, 7) is 5.94. The summed E-state index contributed by atoms with van der Waals surface area (Å²) >= 11 is 0. The highest BCUT2D eigenvalue weighted by molar-refractivity contribution is 5.75. The normalized spacial score (nSPS) is 23.2. The molecule has 2 saturated heterocycles. The standard InChI is InChI=1S/C18H27N5O4/c1-3-27-18(24)14-8-6-9-21(11-14)16-15(23(25)26)17(20-12-19-16)22-10-5-4-7-13(22)2/h12-14H,3-11H2,1-2H3. The van der Waals surface area contributed by atoms with Gasteiger partial charge in [-0.2, -0.15) is 0 Å². The second-order valence-corrected chi connectivity index (χ2v) is 7.20. The maximum absolute atomic E-state index is 12.1. The van der Waals surface area contributed by atoms with Crippen LogP contribution in [0.1, 0.15) is 46.0 Å². The molecule has 2 atom stereocenters. The fraction of sp³-hybridized carbons (Fsp3) is 0.722. The van der Waals surface area contributed by atoms with E-state index in [9.17, 15) is 14.9 Å². The first-order valence-electron chi connectivity index (χ1n) is 9.70. The van der Waals surface area contributed by atoms with E-state index in [-0.39, 0.29) is 28.5 Å². The largest absolute Gasteiger partial charge is 0.466 e. The Kier molecular flexibility index (Phi) is 6.08. The number of nitrogens with zero attached hydrogens (tertiary/aromatic N) is 5. The number of nitro groups is 1. The lowest BCUT2D eigenvalue weighted by atomic mass is 9.98. The van der Waals surface area contributed by atoms with Crippen LogP contribution in [0, 0.1) is 16.0 Å². The molecule has 27 heavy (non-hydrogen) atoms. The third-order valence-electron chi connectivity index (χ3n) is 5.38. The number of aromatic nitrogens is 2. The van der Waals surface area contributed by atoms with Crippen LogP contribution in [0.2, 0.25) is 0 Å². The molecule has 2 fully saturated rings. The molecule has 0 bridgehead atoms. The summed E-state index contributed by atoms with van der Waals surface area (Å²) in [5, 5.41) is 11.9. The van der Waals surface area contributed by atoms with Crippen LogP contribution >= 0.6 is 0 Å². The number of rotatable bonds is 5. The molecule has 2 aliphatic rings. The molecule has 0 saturated carbocycles. The molecule has 2 unspecified atom stereocenters. The van der Waals surface area contributed by atoms with E-state index in [0.29, 0.717) is 31.3 Å². The van der Waals surface area contributed by atoms with E-state index in [1.54, 1.807) is 6.92 Å². The molecule has 1 aromatic heterocycles. The van der Waals surface area contributed by atoms with Crippen molar-refractivity contribution in [2.45, 2.75) is 52.0 Å². The SMILES string of the molecule is CCOC(=O)C1CCCN(c2ncnc(N3CCCCC3C)c2[N+](=O)[O-])C1. The topological polar surface area (TPSA) is 102 Å². The minimum Gasteiger partial charge on any atom is -0.466 e. The zero-order chi connectivity index (χ0) is 19.4. The number of ether oxygens (including phenoxy) is 1. The zero-order valence-electron chi connectivity index (χ0n) is 16.0. The van der Waals surface area contributed by atoms with Gasteiger partial charge in [0.05, 0.1) is 17.4 Å². The Morgan fingerprint density at radius 1 is 1.26 bits per heavy atom. The summed E-state index contributed by atoms with van der Waals surface area (Å²) in [5.74, 6) is 0.154. The predicted octanol–water partition coefficient (Wildman–Crippen LogP) is 2.54. The summed E-state index contributed by atoms with van der Waals surface area (Å²) in [5.41, 5.74) is -0.0595. The maximum Gasteiger partial charge on any atom is 0.353 e. The molecule has 148 valence electrons. The van der Waals surface area contributed by atoms with Crippen molar-refractivity contribution in [3.8, 4) is 0 Å². The molecule has 1 aromatic rings. The Hall–Kier alpha value is -2.45. The van der Waals surface area contributed by atoms with E-state index in [4.69, 9.17) is 4.74 Å². The van der Waals surface area contributed by atoms with Crippen LogP contribution in [0.3, 0.4) is 0 Å². The lowest BCUT2D eigenvalue weighted by Gasteiger charge is -2.35. The van der Waals surface area contributed by atoms with Crippen molar-refractivity contribution in [3.63, 3.8) is 0 Å². The molecule has 0 radical (unpaired) electrons. The van der Waals surface area contributed by atoms with Gasteiger partial charge in [0.25, 0.3) is 0 Å². The number of anilines is 2. The fourth-order valence-corrected chi connectivity index (χ4v) is 4.00. The van der Waals surface area contributed by atoms with E-state index in [0.717, 1.165) is 38.6 Å². The molecule has 0 aliphatic carbocycles. The van der Waals surface area contributed by atoms with Gasteiger partial charge in [-0.05, 0) is 46.0 Å². The highest BCUT2D eigenvalue weighted by Gasteiger charge is 2.35. The van der Waals surface area contributed by atoms with Crippen LogP contribution in [-0.4, -0.2) is 53.1 Å². The Bertz CT molecular complexity index is 698. The number of piperidine rings is 2. The first kappa shape index (κ1) is 19.3. The van der Waals surface area contributed by atoms with Crippen molar-refractivity contribution in [2.24, 2.45) is 5.92 Å². The van der Waals surface area contributed by atoms with Gasteiger partial charge in [-0.15, -0.1) is 0 Å². The van der Waals surface area contributed by atoms with E-state index >= 15 is 0 Å². The van der Waals surface area contributed by atoms with Gasteiger partial charge in [-0.1, -0.05) is 0 Å². The second-order valence-electron chi connectivity index (χ2n) is 7.20. The number of carbonyl (C=O) groups excluding carboxylic acids is 1. The van der Waals surface area contributed by atoms with E-state index in [1.807, 2.05) is 9.80 Å². The van der Waals surface area contributed by atoms with Crippen LogP contribution in [0.5, 0.6) is 0 Å². The molecule has 9 nitrogen and oxygen atoms in total. The molecule has 2 aliphatic heterocycles. The summed E-state index contributed by atoms with van der Waals surface area (Å²) in [6.07, 6.45) is 5.99. The Labute approximate surface area is 158 Å². The van der Waals surface area contributed by atoms with Gasteiger partial charge in [0.1, 0.15) is 6.33 Å². The van der Waals surface area contributed by atoms with Crippen LogP contribution in [0.15, 0.2) is 6.33 Å². The van der Waals surface area contributed by atoms with E-state index in [1.165, 1.54) is 6.33 Å². The van der Waals surface area contributed by atoms with Gasteiger partial charge in [0, 0.05) is 25.7 Å². The van der Waals surface area contributed by atoms with Crippen LogP contribution < -0.4 is 9.80 Å². The average molecular weight is 377 g/mol. The van der Waals surface area contributed by atoms with Crippen molar-refractivity contribution in [1.82, 2.24) is 9.97 Å². The lowest BCUT2D eigenvalue weighted by Crippen LogP contribution is -2.41. The van der Waals surface area contributed by atoms with Crippen LogP contribution in [-0.2, 0) is 9.53 Å². The van der Waals surface area contributed by atoms with E-state index in [2.05, 4.69) is 16.9 Å². The minimum absolute atomic E-state index is 0.0595. The molecule has 0 aromatic carbocycles. The highest BCUT2D eigenvalue weighted by Crippen LogP contribution is 2.38. The van der Waals surface area contributed by atoms with Crippen molar-refractivity contribution < 1.29 is 14.5 Å². The van der Waals surface area contributed by atoms with Gasteiger partial charge in [0.15, 0.2) is 0 Å². The van der Waals surface area contributed by atoms with Crippen molar-refractivity contribution >= 4 is 23.3 Å². The van der Waals surface area contributed by atoms with Crippen LogP contribution in [0.4, 0.5) is 17.3 Å². The third-order valence-corrected chi connectivity index (χ3v) is 5.38. The smallest absolute Gasteiger partial charge is 0.353 e. The number of carbonyl (C=O) groups is 1. The van der Waals surface area contributed by atoms with Gasteiger partial charge in [-0.3, -0.25) is 14.9 Å². The summed E-state index contributed by atoms with van der Waals surface area (Å²) in [7, 11) is 0. The molecule has 0 spiro atoms. The molecular formula is C18H27N5O4. The molecule has 0 amide bonds. The second kappa shape index (κ2) is 8.49. The minimum atomic E-state index is -0.389. The lowest BCUT2D eigenvalue weighted by molar-refractivity contribution is -0.383. The first-order chi connectivity index (χ1) is 13.0.